The van der Waals surface area contributed by atoms with Crippen LogP contribution >= 0.6 is 11.6 Å². The summed E-state index contributed by atoms with van der Waals surface area (Å²) in [4.78, 5) is 26.9. The van der Waals surface area contributed by atoms with Crippen LogP contribution in [0.2, 0.25) is 5.02 Å². The first-order valence-corrected chi connectivity index (χ1v) is 10.9. The molecule has 6 nitrogen and oxygen atoms in total. The molecular weight excluding hydrogens is 442 g/mol. The highest BCUT2D eigenvalue weighted by atomic mass is 35.5. The number of likely N-dealkylation sites (tertiary alicyclic amines) is 1. The zero-order valence-electron chi connectivity index (χ0n) is 18.3. The number of carbonyl (C=O) groups is 2. The first kappa shape index (κ1) is 22.7. The summed E-state index contributed by atoms with van der Waals surface area (Å²) < 4.78 is 10.7. The van der Waals surface area contributed by atoms with E-state index in [4.69, 9.17) is 21.1 Å². The molecule has 3 aromatic carbocycles. The number of carboxylic acids is 1. The Morgan fingerprint density at radius 2 is 1.70 bits per heavy atom. The summed E-state index contributed by atoms with van der Waals surface area (Å²) in [6, 6.07) is 18.6. The second kappa shape index (κ2) is 9.55. The first-order chi connectivity index (χ1) is 15.9. The number of ether oxygens (including phenoxy) is 2. The van der Waals surface area contributed by atoms with Crippen molar-refractivity contribution in [3.05, 3.63) is 82.9 Å². The molecule has 0 aliphatic carbocycles. The highest BCUT2D eigenvalue weighted by Gasteiger charge is 2.42. The summed E-state index contributed by atoms with van der Waals surface area (Å²) in [7, 11) is 3.18. The largest absolute Gasteiger partial charge is 0.497 e. The molecule has 1 saturated heterocycles. The molecule has 170 valence electrons. The van der Waals surface area contributed by atoms with Crippen LogP contribution in [0.1, 0.15) is 34.8 Å². The molecule has 1 heterocycles. The molecule has 2 atom stereocenters. The quantitative estimate of drug-likeness (QED) is 0.523. The number of carbonyl (C=O) groups excluding carboxylic acids is 1. The maximum Gasteiger partial charge on any atom is 0.326 e. The molecule has 1 N–H and O–H groups in total. The lowest BCUT2D eigenvalue weighted by Gasteiger charge is -2.29. The van der Waals surface area contributed by atoms with Crippen molar-refractivity contribution in [2.75, 3.05) is 14.2 Å². The molecule has 1 fully saturated rings. The summed E-state index contributed by atoms with van der Waals surface area (Å²) in [5.41, 5.74) is 2.90. The van der Waals surface area contributed by atoms with Crippen molar-refractivity contribution in [2.45, 2.75) is 24.9 Å². The van der Waals surface area contributed by atoms with Gasteiger partial charge in [0.25, 0.3) is 5.91 Å². The van der Waals surface area contributed by atoms with Crippen LogP contribution in [0.25, 0.3) is 11.1 Å². The normalized spacial score (nSPS) is 17.6. The van der Waals surface area contributed by atoms with Crippen molar-refractivity contribution in [3.8, 4) is 22.6 Å². The summed E-state index contributed by atoms with van der Waals surface area (Å²) >= 11 is 6.38. The van der Waals surface area contributed by atoms with Crippen LogP contribution < -0.4 is 9.47 Å². The topological polar surface area (TPSA) is 76.1 Å². The van der Waals surface area contributed by atoms with E-state index in [1.165, 1.54) is 4.90 Å². The van der Waals surface area contributed by atoms with Crippen LogP contribution in [-0.2, 0) is 4.79 Å². The van der Waals surface area contributed by atoms with Gasteiger partial charge in [-0.2, -0.15) is 0 Å². The van der Waals surface area contributed by atoms with Crippen molar-refractivity contribution in [1.29, 1.82) is 0 Å². The lowest BCUT2D eigenvalue weighted by molar-refractivity contribution is -0.141. The fourth-order valence-electron chi connectivity index (χ4n) is 4.37. The smallest absolute Gasteiger partial charge is 0.326 e. The van der Waals surface area contributed by atoms with E-state index < -0.39 is 18.1 Å². The maximum atomic E-state index is 13.5. The van der Waals surface area contributed by atoms with Gasteiger partial charge in [-0.25, -0.2) is 4.79 Å². The molecule has 0 spiro atoms. The Morgan fingerprint density at radius 1 is 0.970 bits per heavy atom. The van der Waals surface area contributed by atoms with Gasteiger partial charge in [-0.15, -0.1) is 0 Å². The molecule has 4 rings (SSSR count). The molecule has 0 radical (unpaired) electrons. The Balaban J connectivity index is 1.66. The zero-order chi connectivity index (χ0) is 23.5. The summed E-state index contributed by atoms with van der Waals surface area (Å²) in [6.07, 6.45) is 0.908. The predicted octanol–water partition coefficient (Wildman–Crippen LogP) is 5.45. The zero-order valence-corrected chi connectivity index (χ0v) is 19.1. The summed E-state index contributed by atoms with van der Waals surface area (Å²) in [5.74, 6) is -0.0185. The third-order valence-electron chi connectivity index (χ3n) is 6.02. The fraction of sp³-hybridized carbons (Fsp3) is 0.231. The Labute approximate surface area is 197 Å². The highest BCUT2D eigenvalue weighted by molar-refractivity contribution is 6.31. The number of halogens is 1. The number of methoxy groups -OCH3 is 2. The van der Waals surface area contributed by atoms with Gasteiger partial charge in [0.15, 0.2) is 0 Å². The molecule has 33 heavy (non-hydrogen) atoms. The lowest BCUT2D eigenvalue weighted by atomic mass is 10.0. The highest BCUT2D eigenvalue weighted by Crippen LogP contribution is 2.40. The minimum Gasteiger partial charge on any atom is -0.497 e. The van der Waals surface area contributed by atoms with Gasteiger partial charge >= 0.3 is 5.97 Å². The Hall–Kier alpha value is -3.51. The third-order valence-corrected chi connectivity index (χ3v) is 6.36. The number of aliphatic carboxylic acids is 1. The van der Waals surface area contributed by atoms with E-state index in [1.54, 1.807) is 38.5 Å². The van der Waals surface area contributed by atoms with Crippen LogP contribution in [0.4, 0.5) is 0 Å². The van der Waals surface area contributed by atoms with Crippen molar-refractivity contribution in [1.82, 2.24) is 4.90 Å². The van der Waals surface area contributed by atoms with E-state index in [0.29, 0.717) is 34.9 Å². The number of hydrogen-bond acceptors (Lipinski definition) is 4. The molecule has 7 heteroatoms. The van der Waals surface area contributed by atoms with Crippen molar-refractivity contribution in [2.24, 2.45) is 0 Å². The van der Waals surface area contributed by atoms with Gasteiger partial charge < -0.3 is 19.5 Å². The van der Waals surface area contributed by atoms with Gasteiger partial charge in [-0.1, -0.05) is 41.9 Å². The molecule has 1 amide bonds. The van der Waals surface area contributed by atoms with Gasteiger partial charge in [-0.3, -0.25) is 4.79 Å². The monoisotopic (exact) mass is 465 g/mol. The van der Waals surface area contributed by atoms with E-state index in [0.717, 1.165) is 16.7 Å². The van der Waals surface area contributed by atoms with Gasteiger partial charge in [0.05, 0.1) is 20.3 Å². The second-order valence-electron chi connectivity index (χ2n) is 7.82. The van der Waals surface area contributed by atoms with E-state index in [2.05, 4.69) is 0 Å². The number of carboxylic acid groups (broad SMARTS) is 1. The SMILES string of the molecule is COc1ccc(-c2ccc(C(=O)N3[C@@H](c4ccccc4Cl)CC[C@H]3C(=O)O)cc2)c(OC)c1. The Bertz CT molecular complexity index is 1180. The van der Waals surface area contributed by atoms with Gasteiger partial charge in [-0.05, 0) is 54.3 Å². The number of amides is 1. The average molecular weight is 466 g/mol. The fourth-order valence-corrected chi connectivity index (χ4v) is 4.63. The van der Waals surface area contributed by atoms with E-state index in [9.17, 15) is 14.7 Å². The summed E-state index contributed by atoms with van der Waals surface area (Å²) in [6.45, 7) is 0. The molecule has 1 aliphatic rings. The molecular formula is C26H24ClNO5. The van der Waals surface area contributed by atoms with Crippen LogP contribution in [0.5, 0.6) is 11.5 Å². The standard InChI is InChI=1S/C26H24ClNO5/c1-32-18-11-12-19(24(15-18)33-2)16-7-9-17(10-8-16)25(29)28-22(13-14-23(28)26(30)31)20-5-3-4-6-21(20)27/h3-12,15,22-23H,13-14H2,1-2H3,(H,30,31)/t22-,23+/m1/s1. The average Bonchev–Trinajstić information content (AvgIpc) is 3.29. The van der Waals surface area contributed by atoms with Crippen LogP contribution in [0, 0.1) is 0 Å². The Kier molecular flexibility index (Phi) is 6.56. The predicted molar refractivity (Wildman–Crippen MR) is 126 cm³/mol. The van der Waals surface area contributed by atoms with E-state index in [-0.39, 0.29) is 5.91 Å². The molecule has 0 saturated carbocycles. The van der Waals surface area contributed by atoms with Crippen molar-refractivity contribution < 1.29 is 24.2 Å². The van der Waals surface area contributed by atoms with E-state index >= 15 is 0 Å². The minimum atomic E-state index is -1.02. The lowest BCUT2D eigenvalue weighted by Crippen LogP contribution is -2.41. The number of hydrogen-bond donors (Lipinski definition) is 1. The minimum absolute atomic E-state index is 0.335. The first-order valence-electron chi connectivity index (χ1n) is 10.6. The van der Waals surface area contributed by atoms with Gasteiger partial charge in [0.2, 0.25) is 0 Å². The maximum absolute atomic E-state index is 13.5. The van der Waals surface area contributed by atoms with Gasteiger partial charge in [0, 0.05) is 22.2 Å². The Morgan fingerprint density at radius 3 is 2.33 bits per heavy atom. The van der Waals surface area contributed by atoms with E-state index in [1.807, 2.05) is 42.5 Å². The molecule has 3 aromatic rings. The molecule has 1 aliphatic heterocycles. The number of benzene rings is 3. The van der Waals surface area contributed by atoms with Crippen LogP contribution in [0.15, 0.2) is 66.7 Å². The number of nitrogens with zero attached hydrogens (tertiary/aromatic N) is 1. The number of rotatable bonds is 6. The third kappa shape index (κ3) is 4.39. The molecule has 0 bridgehead atoms. The molecule has 0 unspecified atom stereocenters. The molecule has 0 aromatic heterocycles. The van der Waals surface area contributed by atoms with Gasteiger partial charge in [0.1, 0.15) is 17.5 Å². The second-order valence-corrected chi connectivity index (χ2v) is 8.23. The summed E-state index contributed by atoms with van der Waals surface area (Å²) in [5, 5.41) is 10.3. The van der Waals surface area contributed by atoms with Crippen molar-refractivity contribution in [3.63, 3.8) is 0 Å². The van der Waals surface area contributed by atoms with Crippen molar-refractivity contribution >= 4 is 23.5 Å². The van der Waals surface area contributed by atoms with Crippen LogP contribution in [-0.4, -0.2) is 42.1 Å². The van der Waals surface area contributed by atoms with Crippen LogP contribution in [0.3, 0.4) is 0 Å².